The van der Waals surface area contributed by atoms with Crippen molar-refractivity contribution in [2.75, 3.05) is 6.54 Å². The summed E-state index contributed by atoms with van der Waals surface area (Å²) in [5, 5.41) is 4.05. The highest BCUT2D eigenvalue weighted by molar-refractivity contribution is 7.11. The van der Waals surface area contributed by atoms with Crippen molar-refractivity contribution in [3.63, 3.8) is 0 Å². The highest BCUT2D eigenvalue weighted by Gasteiger charge is 2.15. The van der Waals surface area contributed by atoms with Gasteiger partial charge in [0.05, 0.1) is 16.7 Å². The smallest absolute Gasteiger partial charge is 0.236 e. The van der Waals surface area contributed by atoms with Crippen LogP contribution in [0.25, 0.3) is 0 Å². The zero-order valence-electron chi connectivity index (χ0n) is 11.6. The van der Waals surface area contributed by atoms with E-state index in [1.54, 1.807) is 0 Å². The molecule has 0 saturated heterocycles. The third kappa shape index (κ3) is 4.01. The average Bonchev–Trinajstić information content (AvgIpc) is 2.81. The molecule has 0 fully saturated rings. The molecule has 1 heterocycles. The molecular weight excluding hydrogens is 258 g/mol. The average molecular weight is 281 g/mol. The molecule has 4 nitrogen and oxygen atoms in total. The SMILES string of the molecule is CCCC(N)C(=O)NCCc1nc2c(s1)CCCC2. The molecule has 1 aliphatic rings. The van der Waals surface area contributed by atoms with Gasteiger partial charge < -0.3 is 11.1 Å². The van der Waals surface area contributed by atoms with Gasteiger partial charge >= 0.3 is 0 Å². The lowest BCUT2D eigenvalue weighted by Gasteiger charge is -2.10. The summed E-state index contributed by atoms with van der Waals surface area (Å²) >= 11 is 1.81. The summed E-state index contributed by atoms with van der Waals surface area (Å²) in [4.78, 5) is 17.8. The van der Waals surface area contributed by atoms with Crippen LogP contribution in [0.1, 0.15) is 48.2 Å². The van der Waals surface area contributed by atoms with E-state index in [9.17, 15) is 4.79 Å². The van der Waals surface area contributed by atoms with Crippen LogP contribution in [0, 0.1) is 0 Å². The molecule has 19 heavy (non-hydrogen) atoms. The van der Waals surface area contributed by atoms with Gasteiger partial charge in [-0.1, -0.05) is 13.3 Å². The van der Waals surface area contributed by atoms with E-state index >= 15 is 0 Å². The van der Waals surface area contributed by atoms with Crippen LogP contribution >= 0.6 is 11.3 Å². The summed E-state index contributed by atoms with van der Waals surface area (Å²) in [7, 11) is 0. The first-order valence-electron chi connectivity index (χ1n) is 7.21. The molecule has 0 aliphatic heterocycles. The fourth-order valence-corrected chi connectivity index (χ4v) is 3.53. The summed E-state index contributed by atoms with van der Waals surface area (Å²) in [6.45, 7) is 2.68. The number of nitrogens with two attached hydrogens (primary N) is 1. The molecule has 1 unspecified atom stereocenters. The van der Waals surface area contributed by atoms with E-state index in [4.69, 9.17) is 5.73 Å². The number of carbonyl (C=O) groups excluding carboxylic acids is 1. The van der Waals surface area contributed by atoms with Gasteiger partial charge in [-0.25, -0.2) is 4.98 Å². The Hall–Kier alpha value is -0.940. The van der Waals surface area contributed by atoms with E-state index in [0.717, 1.165) is 30.7 Å². The number of nitrogens with one attached hydrogen (secondary N) is 1. The van der Waals surface area contributed by atoms with E-state index in [1.807, 2.05) is 18.3 Å². The molecule has 5 heteroatoms. The zero-order valence-corrected chi connectivity index (χ0v) is 12.4. The maximum atomic E-state index is 11.7. The number of thiazole rings is 1. The number of rotatable bonds is 6. The Morgan fingerprint density at radius 3 is 3.00 bits per heavy atom. The molecule has 0 spiro atoms. The highest BCUT2D eigenvalue weighted by atomic mass is 32.1. The van der Waals surface area contributed by atoms with Crippen molar-refractivity contribution >= 4 is 17.2 Å². The number of aryl methyl sites for hydroxylation is 2. The van der Waals surface area contributed by atoms with Crippen molar-refractivity contribution < 1.29 is 4.79 Å². The normalized spacial score (nSPS) is 15.9. The molecule has 106 valence electrons. The first kappa shape index (κ1) is 14.5. The van der Waals surface area contributed by atoms with Gasteiger partial charge in [0.15, 0.2) is 0 Å². The lowest BCUT2D eigenvalue weighted by Crippen LogP contribution is -2.41. The Balaban J connectivity index is 1.76. The predicted octanol–water partition coefficient (Wildman–Crippen LogP) is 1.81. The number of hydrogen-bond donors (Lipinski definition) is 2. The lowest BCUT2D eigenvalue weighted by molar-refractivity contribution is -0.122. The van der Waals surface area contributed by atoms with Crippen LogP contribution in [0.15, 0.2) is 0 Å². The summed E-state index contributed by atoms with van der Waals surface area (Å²) < 4.78 is 0. The first-order chi connectivity index (χ1) is 9.20. The fraction of sp³-hybridized carbons (Fsp3) is 0.714. The standard InChI is InChI=1S/C14H23N3OS/c1-2-5-10(15)14(18)16-9-8-13-17-11-6-3-4-7-12(11)19-13/h10H,2-9,15H2,1H3,(H,16,18). The molecule has 0 aromatic carbocycles. The van der Waals surface area contributed by atoms with Gasteiger partial charge in [-0.05, 0) is 32.1 Å². The molecular formula is C14H23N3OS. The Bertz CT molecular complexity index is 407. The second-order valence-electron chi connectivity index (χ2n) is 5.12. The largest absolute Gasteiger partial charge is 0.354 e. The van der Waals surface area contributed by atoms with Gasteiger partial charge in [0, 0.05) is 17.8 Å². The maximum absolute atomic E-state index is 11.7. The molecule has 3 N–H and O–H groups in total. The number of nitrogens with zero attached hydrogens (tertiary/aromatic N) is 1. The molecule has 1 atom stereocenters. The lowest BCUT2D eigenvalue weighted by atomic mass is 10.0. The molecule has 1 aromatic rings. The van der Waals surface area contributed by atoms with Crippen LogP contribution in [-0.2, 0) is 24.1 Å². The highest BCUT2D eigenvalue weighted by Crippen LogP contribution is 2.26. The molecule has 0 bridgehead atoms. The summed E-state index contributed by atoms with van der Waals surface area (Å²) in [6.07, 6.45) is 7.36. The monoisotopic (exact) mass is 281 g/mol. The quantitative estimate of drug-likeness (QED) is 0.835. The molecule has 1 aromatic heterocycles. The zero-order chi connectivity index (χ0) is 13.7. The molecule has 0 saturated carbocycles. The Morgan fingerprint density at radius 2 is 2.26 bits per heavy atom. The third-order valence-corrected chi connectivity index (χ3v) is 4.68. The Morgan fingerprint density at radius 1 is 1.47 bits per heavy atom. The van der Waals surface area contributed by atoms with E-state index in [2.05, 4.69) is 10.3 Å². The first-order valence-corrected chi connectivity index (χ1v) is 8.03. The number of aromatic nitrogens is 1. The van der Waals surface area contributed by atoms with Crippen molar-refractivity contribution in [3.8, 4) is 0 Å². The molecule has 2 rings (SSSR count). The van der Waals surface area contributed by atoms with Gasteiger partial charge in [-0.2, -0.15) is 0 Å². The van der Waals surface area contributed by atoms with Crippen LogP contribution in [0.5, 0.6) is 0 Å². The van der Waals surface area contributed by atoms with Gasteiger partial charge in [0.2, 0.25) is 5.91 Å². The van der Waals surface area contributed by atoms with Crippen molar-refractivity contribution in [1.29, 1.82) is 0 Å². The van der Waals surface area contributed by atoms with Gasteiger partial charge in [0.25, 0.3) is 0 Å². The second kappa shape index (κ2) is 7.01. The second-order valence-corrected chi connectivity index (χ2v) is 6.29. The summed E-state index contributed by atoms with van der Waals surface area (Å²) in [5.74, 6) is -0.0387. The topological polar surface area (TPSA) is 68.0 Å². The minimum Gasteiger partial charge on any atom is -0.354 e. The maximum Gasteiger partial charge on any atom is 0.236 e. The van der Waals surface area contributed by atoms with Gasteiger partial charge in [-0.15, -0.1) is 11.3 Å². The van der Waals surface area contributed by atoms with Crippen LogP contribution in [0.3, 0.4) is 0 Å². The predicted molar refractivity (Wildman–Crippen MR) is 78.4 cm³/mol. The van der Waals surface area contributed by atoms with E-state index in [1.165, 1.54) is 29.8 Å². The van der Waals surface area contributed by atoms with Crippen LogP contribution < -0.4 is 11.1 Å². The minimum atomic E-state index is -0.366. The van der Waals surface area contributed by atoms with Crippen LogP contribution in [-0.4, -0.2) is 23.5 Å². The molecule has 1 aliphatic carbocycles. The van der Waals surface area contributed by atoms with E-state index in [-0.39, 0.29) is 11.9 Å². The van der Waals surface area contributed by atoms with Crippen molar-refractivity contribution in [2.24, 2.45) is 5.73 Å². The minimum absolute atomic E-state index is 0.0387. The third-order valence-electron chi connectivity index (χ3n) is 3.46. The van der Waals surface area contributed by atoms with Crippen molar-refractivity contribution in [3.05, 3.63) is 15.6 Å². The fourth-order valence-electron chi connectivity index (χ4n) is 2.38. The Kier molecular flexibility index (Phi) is 5.34. The van der Waals surface area contributed by atoms with Gasteiger partial charge in [0.1, 0.15) is 0 Å². The van der Waals surface area contributed by atoms with E-state index < -0.39 is 0 Å². The number of amides is 1. The summed E-state index contributed by atoms with van der Waals surface area (Å²) in [6, 6.07) is -0.366. The van der Waals surface area contributed by atoms with Crippen molar-refractivity contribution in [1.82, 2.24) is 10.3 Å². The molecule has 0 radical (unpaired) electrons. The number of fused-ring (bicyclic) bond motifs is 1. The number of hydrogen-bond acceptors (Lipinski definition) is 4. The van der Waals surface area contributed by atoms with Crippen LogP contribution in [0.4, 0.5) is 0 Å². The van der Waals surface area contributed by atoms with Gasteiger partial charge in [-0.3, -0.25) is 4.79 Å². The van der Waals surface area contributed by atoms with E-state index in [0.29, 0.717) is 6.54 Å². The summed E-state index contributed by atoms with van der Waals surface area (Å²) in [5.41, 5.74) is 7.05. The van der Waals surface area contributed by atoms with Crippen LogP contribution in [0.2, 0.25) is 0 Å². The molecule has 1 amide bonds. The Labute approximate surface area is 118 Å². The van der Waals surface area contributed by atoms with Crippen molar-refractivity contribution in [2.45, 2.75) is 57.9 Å². The number of carbonyl (C=O) groups is 1.